The molecular weight excluding hydrogens is 292 g/mol. The molecule has 1 aromatic carbocycles. The van der Waals surface area contributed by atoms with Gasteiger partial charge in [0.1, 0.15) is 11.5 Å². The van der Waals surface area contributed by atoms with E-state index >= 15 is 0 Å². The van der Waals surface area contributed by atoms with Gasteiger partial charge >= 0.3 is 0 Å². The minimum absolute atomic E-state index is 0.219. The van der Waals surface area contributed by atoms with Gasteiger partial charge in [-0.3, -0.25) is 25.2 Å². The maximum atomic E-state index is 11.0. The second-order valence-electron chi connectivity index (χ2n) is 4.16. The fourth-order valence-corrected chi connectivity index (χ4v) is 1.71. The Morgan fingerprint density at radius 1 is 1.05 bits per heavy atom. The quantitative estimate of drug-likeness (QED) is 0.449. The lowest BCUT2D eigenvalue weighted by atomic mass is 10.2. The summed E-state index contributed by atoms with van der Waals surface area (Å²) in [6, 6.07) is 3.46. The van der Waals surface area contributed by atoms with Crippen LogP contribution in [0, 0.1) is 20.2 Å². The number of hydrogen-bond acceptors (Lipinski definition) is 8. The van der Waals surface area contributed by atoms with Gasteiger partial charge in [-0.1, -0.05) is 0 Å². The third-order valence-electron chi connectivity index (χ3n) is 2.70. The molecule has 0 saturated heterocycles. The van der Waals surface area contributed by atoms with Crippen molar-refractivity contribution in [2.45, 2.75) is 0 Å². The van der Waals surface area contributed by atoms with Gasteiger partial charge < -0.3 is 10.6 Å². The van der Waals surface area contributed by atoms with Crippen molar-refractivity contribution in [2.75, 3.05) is 23.7 Å². The van der Waals surface area contributed by atoms with Gasteiger partial charge in [-0.05, 0) is 6.07 Å². The number of hydrogen-bond donors (Lipinski definition) is 2. The molecule has 0 spiro atoms. The van der Waals surface area contributed by atoms with Crippen LogP contribution >= 0.6 is 0 Å². The van der Waals surface area contributed by atoms with E-state index in [2.05, 4.69) is 20.6 Å². The van der Waals surface area contributed by atoms with Crippen molar-refractivity contribution < 1.29 is 9.85 Å². The second-order valence-corrected chi connectivity index (χ2v) is 4.16. The van der Waals surface area contributed by atoms with Crippen molar-refractivity contribution >= 4 is 22.9 Å². The zero-order valence-corrected chi connectivity index (χ0v) is 11.3. The van der Waals surface area contributed by atoms with Crippen molar-refractivity contribution in [1.29, 1.82) is 0 Å². The summed E-state index contributed by atoms with van der Waals surface area (Å²) in [7, 11) is 0. The minimum atomic E-state index is -0.674. The van der Waals surface area contributed by atoms with Gasteiger partial charge in [0, 0.05) is 31.5 Å². The number of nitrogens with one attached hydrogen (secondary N) is 2. The summed E-state index contributed by atoms with van der Waals surface area (Å²) in [5.41, 5.74) is -0.444. The molecule has 1 aromatic heterocycles. The summed E-state index contributed by atoms with van der Waals surface area (Å²) < 4.78 is 0. The molecule has 22 heavy (non-hydrogen) atoms. The number of rotatable bonds is 7. The molecule has 0 radical (unpaired) electrons. The molecule has 2 N–H and O–H groups in total. The van der Waals surface area contributed by atoms with E-state index in [1.165, 1.54) is 18.3 Å². The molecule has 0 unspecified atom stereocenters. The van der Waals surface area contributed by atoms with Crippen LogP contribution in [-0.4, -0.2) is 32.9 Å². The van der Waals surface area contributed by atoms with E-state index in [0.29, 0.717) is 18.9 Å². The Bertz CT molecular complexity index is 679. The summed E-state index contributed by atoms with van der Waals surface area (Å²) in [5, 5.41) is 27.4. The molecule has 0 fully saturated rings. The van der Waals surface area contributed by atoms with Gasteiger partial charge in [0.25, 0.3) is 11.4 Å². The molecule has 2 rings (SSSR count). The van der Waals surface area contributed by atoms with E-state index in [4.69, 9.17) is 0 Å². The Morgan fingerprint density at radius 3 is 2.45 bits per heavy atom. The van der Waals surface area contributed by atoms with E-state index < -0.39 is 9.85 Å². The Morgan fingerprint density at radius 2 is 1.82 bits per heavy atom. The third-order valence-corrected chi connectivity index (χ3v) is 2.70. The fraction of sp³-hybridized carbons (Fsp3) is 0.167. The number of benzene rings is 1. The van der Waals surface area contributed by atoms with Gasteiger partial charge in [0.2, 0.25) is 0 Å². The van der Waals surface area contributed by atoms with Gasteiger partial charge in [-0.15, -0.1) is 0 Å². The Balaban J connectivity index is 1.97. The van der Waals surface area contributed by atoms with Crippen LogP contribution in [0.4, 0.5) is 22.9 Å². The number of aromatic nitrogens is 2. The maximum Gasteiger partial charge on any atom is 0.299 e. The van der Waals surface area contributed by atoms with Crippen molar-refractivity contribution in [3.63, 3.8) is 0 Å². The molecule has 0 aliphatic carbocycles. The highest BCUT2D eigenvalue weighted by Crippen LogP contribution is 2.28. The zero-order chi connectivity index (χ0) is 15.9. The van der Waals surface area contributed by atoms with Crippen LogP contribution in [0.25, 0.3) is 0 Å². The standard InChI is InChI=1S/C12H12N6O4/c19-17(20)9-1-2-10(11(7-9)18(21)22)14-5-6-16-12-8-13-3-4-15-12/h1-4,7-8,14H,5-6H2,(H,15,16). The van der Waals surface area contributed by atoms with Crippen LogP contribution in [0.5, 0.6) is 0 Å². The van der Waals surface area contributed by atoms with E-state index in [-0.39, 0.29) is 17.1 Å². The summed E-state index contributed by atoms with van der Waals surface area (Å²) in [6.07, 6.45) is 4.63. The molecule has 10 heteroatoms. The van der Waals surface area contributed by atoms with Crippen molar-refractivity contribution in [2.24, 2.45) is 0 Å². The zero-order valence-electron chi connectivity index (χ0n) is 11.3. The van der Waals surface area contributed by atoms with Gasteiger partial charge in [0.15, 0.2) is 0 Å². The molecule has 1 heterocycles. The van der Waals surface area contributed by atoms with Crippen LogP contribution in [-0.2, 0) is 0 Å². The highest BCUT2D eigenvalue weighted by atomic mass is 16.6. The van der Waals surface area contributed by atoms with Crippen LogP contribution < -0.4 is 10.6 Å². The Hall–Kier alpha value is -3.30. The lowest BCUT2D eigenvalue weighted by molar-refractivity contribution is -0.393. The fourth-order valence-electron chi connectivity index (χ4n) is 1.71. The molecule has 114 valence electrons. The molecule has 0 amide bonds. The summed E-state index contributed by atoms with van der Waals surface area (Å²) in [5.74, 6) is 0.586. The molecule has 10 nitrogen and oxygen atoms in total. The summed E-state index contributed by atoms with van der Waals surface area (Å²) in [4.78, 5) is 28.2. The van der Waals surface area contributed by atoms with E-state index in [1.54, 1.807) is 12.4 Å². The van der Waals surface area contributed by atoms with Crippen LogP contribution in [0.2, 0.25) is 0 Å². The third kappa shape index (κ3) is 3.85. The predicted molar refractivity (Wildman–Crippen MR) is 78.8 cm³/mol. The first-order valence-corrected chi connectivity index (χ1v) is 6.24. The van der Waals surface area contributed by atoms with Crippen molar-refractivity contribution in [3.8, 4) is 0 Å². The second kappa shape index (κ2) is 6.92. The maximum absolute atomic E-state index is 11.0. The van der Waals surface area contributed by atoms with Gasteiger partial charge in [0.05, 0.1) is 22.1 Å². The monoisotopic (exact) mass is 304 g/mol. The van der Waals surface area contributed by atoms with Gasteiger partial charge in [-0.25, -0.2) is 4.98 Å². The molecule has 0 atom stereocenters. The first kappa shape index (κ1) is 15.1. The number of non-ortho nitro benzene ring substituents is 1. The molecule has 0 aliphatic rings. The highest BCUT2D eigenvalue weighted by Gasteiger charge is 2.18. The SMILES string of the molecule is O=[N+]([O-])c1ccc(NCCNc2cnccn2)c([N+](=O)[O-])c1. The molecule has 2 aromatic rings. The van der Waals surface area contributed by atoms with Crippen LogP contribution in [0.1, 0.15) is 0 Å². The number of nitrogens with zero attached hydrogens (tertiary/aromatic N) is 4. The Labute approximate surface area is 124 Å². The molecule has 0 aliphatic heterocycles. The number of nitro groups is 2. The lowest BCUT2D eigenvalue weighted by Gasteiger charge is -2.08. The first-order chi connectivity index (χ1) is 10.6. The van der Waals surface area contributed by atoms with Crippen LogP contribution in [0.3, 0.4) is 0 Å². The summed E-state index contributed by atoms with van der Waals surface area (Å²) >= 11 is 0. The largest absolute Gasteiger partial charge is 0.378 e. The van der Waals surface area contributed by atoms with Crippen molar-refractivity contribution in [3.05, 3.63) is 57.0 Å². The number of nitro benzene ring substituents is 2. The Kier molecular flexibility index (Phi) is 4.75. The van der Waals surface area contributed by atoms with Gasteiger partial charge in [-0.2, -0.15) is 0 Å². The van der Waals surface area contributed by atoms with Crippen molar-refractivity contribution in [1.82, 2.24) is 9.97 Å². The molecular formula is C12H12N6O4. The lowest BCUT2D eigenvalue weighted by Crippen LogP contribution is -2.15. The molecule has 0 bridgehead atoms. The van der Waals surface area contributed by atoms with E-state index in [0.717, 1.165) is 6.07 Å². The van der Waals surface area contributed by atoms with Crippen LogP contribution in [0.15, 0.2) is 36.8 Å². The smallest absolute Gasteiger partial charge is 0.299 e. The average molecular weight is 304 g/mol. The highest BCUT2D eigenvalue weighted by molar-refractivity contribution is 5.65. The topological polar surface area (TPSA) is 136 Å². The normalized spacial score (nSPS) is 10.0. The summed E-state index contributed by atoms with van der Waals surface area (Å²) in [6.45, 7) is 0.821. The number of anilines is 2. The minimum Gasteiger partial charge on any atom is -0.378 e. The first-order valence-electron chi connectivity index (χ1n) is 6.24. The predicted octanol–water partition coefficient (Wildman–Crippen LogP) is 1.82. The van der Waals surface area contributed by atoms with E-state index in [9.17, 15) is 20.2 Å². The van der Waals surface area contributed by atoms with E-state index in [1.807, 2.05) is 0 Å². The molecule has 0 saturated carbocycles. The average Bonchev–Trinajstić information content (AvgIpc) is 2.52.